The summed E-state index contributed by atoms with van der Waals surface area (Å²) in [6, 6.07) is 0. The molecule has 0 aromatic carbocycles. The van der Waals surface area contributed by atoms with Gasteiger partial charge in [-0.2, -0.15) is 0 Å². The van der Waals surface area contributed by atoms with Crippen LogP contribution in [0.25, 0.3) is 0 Å². The number of carbonyl (C=O) groups is 1. The highest BCUT2D eigenvalue weighted by molar-refractivity contribution is 5.88. The van der Waals surface area contributed by atoms with Crippen LogP contribution < -0.4 is 10.9 Å². The van der Waals surface area contributed by atoms with Crippen LogP contribution in [0.5, 0.6) is 0 Å². The van der Waals surface area contributed by atoms with Gasteiger partial charge in [0.25, 0.3) is 0 Å². The maximum atomic E-state index is 10.5. The first-order chi connectivity index (χ1) is 4.72. The summed E-state index contributed by atoms with van der Waals surface area (Å²) in [6.45, 7) is 1.31. The zero-order valence-corrected chi connectivity index (χ0v) is 5.31. The third kappa shape index (κ3) is 1.11. The fourth-order valence-electron chi connectivity index (χ4n) is 0.426. The van der Waals surface area contributed by atoms with Crippen LogP contribution in [-0.4, -0.2) is 16.3 Å². The highest BCUT2D eigenvalue weighted by Gasteiger charge is 2.08. The number of carbonyl (C=O) groups excluding carboxylic acids is 1. The van der Waals surface area contributed by atoms with Gasteiger partial charge >= 0.3 is 0 Å². The lowest BCUT2D eigenvalue weighted by Crippen LogP contribution is -2.35. The Balaban J connectivity index is 2.77. The van der Waals surface area contributed by atoms with E-state index < -0.39 is 0 Å². The quantitative estimate of drug-likeness (QED) is 0.318. The fraction of sp³-hybridized carbons (Fsp3) is 0.250. The van der Waals surface area contributed by atoms with Crippen molar-refractivity contribution in [3.05, 3.63) is 6.26 Å². The summed E-state index contributed by atoms with van der Waals surface area (Å²) in [4.78, 5) is 10.5. The average Bonchev–Trinajstić information content (AvgIpc) is 2.36. The van der Waals surface area contributed by atoms with Gasteiger partial charge < -0.3 is 4.52 Å². The number of nitrogens with zero attached hydrogens (tertiary/aromatic N) is 3. The predicted octanol–water partition coefficient (Wildman–Crippen LogP) is -0.704. The molecule has 0 fully saturated rings. The zero-order valence-electron chi connectivity index (χ0n) is 5.31. The van der Waals surface area contributed by atoms with Crippen LogP contribution in [0, 0.1) is 0 Å². The summed E-state index contributed by atoms with van der Waals surface area (Å²) in [5.74, 6) is 5.08. The van der Waals surface area contributed by atoms with Crippen LogP contribution in [0.4, 0.5) is 5.82 Å². The van der Waals surface area contributed by atoms with E-state index in [4.69, 9.17) is 5.84 Å². The molecule has 0 bridgehead atoms. The molecule has 0 atom stereocenters. The van der Waals surface area contributed by atoms with E-state index in [2.05, 4.69) is 14.9 Å². The molecule has 2 N–H and O–H groups in total. The van der Waals surface area contributed by atoms with Crippen molar-refractivity contribution in [1.29, 1.82) is 0 Å². The fourth-order valence-corrected chi connectivity index (χ4v) is 0.426. The van der Waals surface area contributed by atoms with Crippen molar-refractivity contribution in [3.63, 3.8) is 0 Å². The van der Waals surface area contributed by atoms with Crippen LogP contribution in [0.15, 0.2) is 10.8 Å². The Kier molecular flexibility index (Phi) is 1.63. The predicted molar refractivity (Wildman–Crippen MR) is 31.6 cm³/mol. The molecule has 1 rings (SSSR count). The number of hydrogen-bond donors (Lipinski definition) is 1. The van der Waals surface area contributed by atoms with Gasteiger partial charge in [-0.05, 0) is 0 Å². The smallest absolute Gasteiger partial charge is 0.239 e. The van der Waals surface area contributed by atoms with Crippen LogP contribution in [0.1, 0.15) is 6.92 Å². The lowest BCUT2D eigenvalue weighted by atomic mass is 10.6. The Morgan fingerprint density at radius 2 is 2.60 bits per heavy atom. The van der Waals surface area contributed by atoms with Crippen molar-refractivity contribution < 1.29 is 9.32 Å². The summed E-state index contributed by atoms with van der Waals surface area (Å²) >= 11 is 0. The first-order valence-electron chi connectivity index (χ1n) is 2.54. The molecule has 0 unspecified atom stereocenters. The highest BCUT2D eigenvalue weighted by atomic mass is 16.5. The van der Waals surface area contributed by atoms with Crippen LogP contribution >= 0.6 is 0 Å². The molecule has 1 aromatic rings. The molecule has 1 aromatic heterocycles. The molecule has 0 spiro atoms. The summed E-state index contributed by atoms with van der Waals surface area (Å²) in [7, 11) is 0. The summed E-state index contributed by atoms with van der Waals surface area (Å²) in [5.41, 5.74) is 0. The third-order valence-electron chi connectivity index (χ3n) is 0.935. The minimum Gasteiger partial charge on any atom is -0.343 e. The lowest BCUT2D eigenvalue weighted by molar-refractivity contribution is -0.116. The molecular formula is C4H6N4O2. The first kappa shape index (κ1) is 6.69. The van der Waals surface area contributed by atoms with Crippen molar-refractivity contribution in [3.8, 4) is 0 Å². The van der Waals surface area contributed by atoms with E-state index in [1.807, 2.05) is 0 Å². The van der Waals surface area contributed by atoms with Crippen molar-refractivity contribution >= 4 is 11.7 Å². The van der Waals surface area contributed by atoms with Gasteiger partial charge in [-0.1, -0.05) is 5.10 Å². The standard InChI is InChI=1S/C4H6N4O2/c1-3(9)8(5)4-2-10-7-6-4/h2H,5H2,1H3. The molecule has 0 aliphatic heterocycles. The molecule has 6 nitrogen and oxygen atoms in total. The van der Waals surface area contributed by atoms with E-state index in [9.17, 15) is 4.79 Å². The molecule has 6 heteroatoms. The first-order valence-corrected chi connectivity index (χ1v) is 2.54. The van der Waals surface area contributed by atoms with E-state index in [0.717, 1.165) is 5.01 Å². The molecule has 1 heterocycles. The second-order valence-corrected chi connectivity index (χ2v) is 1.65. The van der Waals surface area contributed by atoms with Crippen LogP contribution in [0.2, 0.25) is 0 Å². The number of hydrazine groups is 1. The largest absolute Gasteiger partial charge is 0.343 e. The van der Waals surface area contributed by atoms with Gasteiger partial charge in [0.15, 0.2) is 6.26 Å². The summed E-state index contributed by atoms with van der Waals surface area (Å²) in [6.07, 6.45) is 1.18. The van der Waals surface area contributed by atoms with Gasteiger partial charge in [-0.25, -0.2) is 10.9 Å². The molecule has 0 saturated carbocycles. The monoisotopic (exact) mass is 142 g/mol. The maximum absolute atomic E-state index is 10.5. The molecule has 1 amide bonds. The number of hydrogen-bond acceptors (Lipinski definition) is 5. The second kappa shape index (κ2) is 2.44. The zero-order chi connectivity index (χ0) is 7.56. The van der Waals surface area contributed by atoms with Gasteiger partial charge in [0.2, 0.25) is 11.7 Å². The van der Waals surface area contributed by atoms with Crippen LogP contribution in [-0.2, 0) is 4.79 Å². The average molecular weight is 142 g/mol. The Labute approximate surface area is 56.5 Å². The van der Waals surface area contributed by atoms with Gasteiger partial charge in [0.1, 0.15) is 0 Å². The normalized spacial score (nSPS) is 9.40. The molecular weight excluding hydrogens is 136 g/mol. The number of anilines is 1. The van der Waals surface area contributed by atoms with Crippen molar-refractivity contribution in [2.75, 3.05) is 5.01 Å². The Morgan fingerprint density at radius 1 is 1.90 bits per heavy atom. The summed E-state index contributed by atoms with van der Waals surface area (Å²) in [5, 5.41) is 7.37. The molecule has 10 heavy (non-hydrogen) atoms. The molecule has 54 valence electrons. The van der Waals surface area contributed by atoms with Crippen molar-refractivity contribution in [2.45, 2.75) is 6.92 Å². The van der Waals surface area contributed by atoms with Crippen molar-refractivity contribution in [2.24, 2.45) is 5.84 Å². The SMILES string of the molecule is CC(=O)N(N)c1conn1. The van der Waals surface area contributed by atoms with Crippen LogP contribution in [0.3, 0.4) is 0 Å². The minimum absolute atomic E-state index is 0.201. The number of rotatable bonds is 1. The topological polar surface area (TPSA) is 85.2 Å². The lowest BCUT2D eigenvalue weighted by Gasteiger charge is -2.06. The molecule has 0 aliphatic carbocycles. The van der Waals surface area contributed by atoms with E-state index in [1.165, 1.54) is 13.2 Å². The molecule has 0 saturated heterocycles. The maximum Gasteiger partial charge on any atom is 0.239 e. The molecule has 0 aliphatic rings. The van der Waals surface area contributed by atoms with Gasteiger partial charge in [0, 0.05) is 12.2 Å². The number of aromatic nitrogens is 2. The van der Waals surface area contributed by atoms with E-state index in [1.54, 1.807) is 0 Å². The number of nitrogens with two attached hydrogens (primary N) is 1. The van der Waals surface area contributed by atoms with E-state index in [0.29, 0.717) is 0 Å². The molecule has 0 radical (unpaired) electrons. The van der Waals surface area contributed by atoms with E-state index in [-0.39, 0.29) is 11.7 Å². The Hall–Kier alpha value is -1.43. The van der Waals surface area contributed by atoms with E-state index >= 15 is 0 Å². The van der Waals surface area contributed by atoms with Gasteiger partial charge in [0.05, 0.1) is 0 Å². The summed E-state index contributed by atoms with van der Waals surface area (Å²) < 4.78 is 4.35. The van der Waals surface area contributed by atoms with Crippen molar-refractivity contribution in [1.82, 2.24) is 10.4 Å². The Bertz CT molecular complexity index is 219. The highest BCUT2D eigenvalue weighted by Crippen LogP contribution is 2.02. The Morgan fingerprint density at radius 3 is 3.00 bits per heavy atom. The minimum atomic E-state index is -0.323. The number of amides is 1. The van der Waals surface area contributed by atoms with Gasteiger partial charge in [-0.15, -0.1) is 0 Å². The van der Waals surface area contributed by atoms with Gasteiger partial charge in [-0.3, -0.25) is 4.79 Å². The second-order valence-electron chi connectivity index (χ2n) is 1.65. The third-order valence-corrected chi connectivity index (χ3v) is 0.935.